The molecule has 0 saturated carbocycles. The van der Waals surface area contributed by atoms with Crippen molar-refractivity contribution in [2.75, 3.05) is 12.4 Å². The van der Waals surface area contributed by atoms with Crippen LogP contribution in [-0.4, -0.2) is 22.1 Å². The second kappa shape index (κ2) is 5.93. The monoisotopic (exact) mass is 300 g/mol. The average molecular weight is 301 g/mol. The number of methoxy groups -OCH3 is 1. The quantitative estimate of drug-likeness (QED) is 0.749. The lowest BCUT2D eigenvalue weighted by Gasteiger charge is -2.10. The fraction of sp³-hybridized carbons (Fsp3) is 0.133. The first kappa shape index (κ1) is 13.6. The highest BCUT2D eigenvalue weighted by molar-refractivity contribution is 6.28. The number of hydrogen-bond donors (Lipinski definition) is 1. The Hall–Kier alpha value is -2.40. The molecule has 0 unspecified atom stereocenters. The second-order valence-electron chi connectivity index (χ2n) is 4.38. The minimum Gasteiger partial charge on any atom is -0.481 e. The standard InChI is InChI=1S/C15H13ClN4O/c1-21-14-10(5-4-8-17-14)9-18-13-11-6-2-3-7-12(11)19-15(16)20-13/h2-8H,9H2,1H3,(H,18,19,20). The van der Waals surface area contributed by atoms with Crippen molar-refractivity contribution in [3.8, 4) is 5.88 Å². The Labute approximate surface area is 127 Å². The normalized spacial score (nSPS) is 10.6. The number of pyridine rings is 1. The van der Waals surface area contributed by atoms with Gasteiger partial charge in [0.15, 0.2) is 0 Å². The smallest absolute Gasteiger partial charge is 0.224 e. The van der Waals surface area contributed by atoms with Gasteiger partial charge in [0.25, 0.3) is 0 Å². The number of halogens is 1. The van der Waals surface area contributed by atoms with E-state index in [0.717, 1.165) is 16.5 Å². The van der Waals surface area contributed by atoms with E-state index in [1.165, 1.54) is 0 Å². The molecule has 5 nitrogen and oxygen atoms in total. The molecule has 0 aliphatic heterocycles. The van der Waals surface area contributed by atoms with E-state index in [0.29, 0.717) is 18.2 Å². The number of nitrogens with one attached hydrogen (secondary N) is 1. The second-order valence-corrected chi connectivity index (χ2v) is 4.72. The lowest BCUT2D eigenvalue weighted by atomic mass is 10.2. The molecule has 0 bridgehead atoms. The number of para-hydroxylation sites is 1. The molecule has 1 N–H and O–H groups in total. The zero-order valence-corrected chi connectivity index (χ0v) is 12.1. The van der Waals surface area contributed by atoms with E-state index in [4.69, 9.17) is 16.3 Å². The highest BCUT2D eigenvalue weighted by Crippen LogP contribution is 2.23. The van der Waals surface area contributed by atoms with E-state index in [9.17, 15) is 0 Å². The van der Waals surface area contributed by atoms with Crippen molar-refractivity contribution >= 4 is 28.3 Å². The number of ether oxygens (including phenoxy) is 1. The number of benzene rings is 1. The van der Waals surface area contributed by atoms with Gasteiger partial charge in [-0.1, -0.05) is 18.2 Å². The molecule has 0 amide bonds. The molecule has 0 saturated heterocycles. The van der Waals surface area contributed by atoms with Crippen LogP contribution in [0.1, 0.15) is 5.56 Å². The average Bonchev–Trinajstić information content (AvgIpc) is 2.52. The van der Waals surface area contributed by atoms with Gasteiger partial charge in [-0.25, -0.2) is 15.0 Å². The summed E-state index contributed by atoms with van der Waals surface area (Å²) in [6, 6.07) is 11.5. The number of hydrogen-bond acceptors (Lipinski definition) is 5. The molecule has 3 aromatic rings. The maximum atomic E-state index is 5.96. The minimum absolute atomic E-state index is 0.217. The van der Waals surface area contributed by atoms with E-state index in [-0.39, 0.29) is 5.28 Å². The van der Waals surface area contributed by atoms with Gasteiger partial charge in [-0.3, -0.25) is 0 Å². The zero-order valence-electron chi connectivity index (χ0n) is 11.4. The van der Waals surface area contributed by atoms with Gasteiger partial charge >= 0.3 is 0 Å². The zero-order chi connectivity index (χ0) is 14.7. The van der Waals surface area contributed by atoms with Crippen molar-refractivity contribution in [1.29, 1.82) is 0 Å². The van der Waals surface area contributed by atoms with E-state index in [2.05, 4.69) is 20.3 Å². The van der Waals surface area contributed by atoms with Crippen LogP contribution in [0.5, 0.6) is 5.88 Å². The molecule has 2 heterocycles. The van der Waals surface area contributed by atoms with Crippen molar-refractivity contribution in [3.63, 3.8) is 0 Å². The van der Waals surface area contributed by atoms with Gasteiger partial charge in [-0.05, 0) is 29.8 Å². The van der Waals surface area contributed by atoms with Crippen LogP contribution in [0.4, 0.5) is 5.82 Å². The van der Waals surface area contributed by atoms with Gasteiger partial charge in [0.05, 0.1) is 12.6 Å². The van der Waals surface area contributed by atoms with Crippen molar-refractivity contribution in [2.24, 2.45) is 0 Å². The molecular weight excluding hydrogens is 288 g/mol. The lowest BCUT2D eigenvalue weighted by Crippen LogP contribution is -2.05. The SMILES string of the molecule is COc1ncccc1CNc1nc(Cl)nc2ccccc12. The number of rotatable bonds is 4. The summed E-state index contributed by atoms with van der Waals surface area (Å²) in [5.41, 5.74) is 1.75. The summed E-state index contributed by atoms with van der Waals surface area (Å²) in [7, 11) is 1.60. The third-order valence-corrected chi connectivity index (χ3v) is 3.23. The molecule has 2 aromatic heterocycles. The van der Waals surface area contributed by atoms with E-state index < -0.39 is 0 Å². The number of fused-ring (bicyclic) bond motifs is 1. The Morgan fingerprint density at radius 3 is 2.86 bits per heavy atom. The summed E-state index contributed by atoms with van der Waals surface area (Å²) < 4.78 is 5.24. The van der Waals surface area contributed by atoms with Crippen molar-refractivity contribution in [3.05, 3.63) is 53.4 Å². The summed E-state index contributed by atoms with van der Waals surface area (Å²) in [6.07, 6.45) is 1.69. The first-order valence-electron chi connectivity index (χ1n) is 6.42. The molecule has 0 aliphatic rings. The first-order chi connectivity index (χ1) is 10.3. The van der Waals surface area contributed by atoms with Crippen molar-refractivity contribution in [2.45, 2.75) is 6.54 Å². The molecule has 0 spiro atoms. The third kappa shape index (κ3) is 2.87. The molecular formula is C15H13ClN4O. The highest BCUT2D eigenvalue weighted by Gasteiger charge is 2.08. The Morgan fingerprint density at radius 1 is 1.14 bits per heavy atom. The lowest BCUT2D eigenvalue weighted by molar-refractivity contribution is 0.393. The maximum Gasteiger partial charge on any atom is 0.224 e. The van der Waals surface area contributed by atoms with Crippen LogP contribution < -0.4 is 10.1 Å². The minimum atomic E-state index is 0.217. The fourth-order valence-electron chi connectivity index (χ4n) is 2.10. The van der Waals surface area contributed by atoms with Gasteiger partial charge in [0.1, 0.15) is 5.82 Å². The van der Waals surface area contributed by atoms with Gasteiger partial charge in [0.2, 0.25) is 11.2 Å². The van der Waals surface area contributed by atoms with Gasteiger partial charge in [0, 0.05) is 23.7 Å². The fourth-order valence-corrected chi connectivity index (χ4v) is 2.28. The number of anilines is 1. The Morgan fingerprint density at radius 2 is 2.00 bits per heavy atom. The Bertz CT molecular complexity index is 778. The van der Waals surface area contributed by atoms with E-state index in [1.54, 1.807) is 13.3 Å². The highest BCUT2D eigenvalue weighted by atomic mass is 35.5. The van der Waals surface area contributed by atoms with Crippen molar-refractivity contribution < 1.29 is 4.74 Å². The van der Waals surface area contributed by atoms with Gasteiger partial charge in [-0.2, -0.15) is 0 Å². The predicted molar refractivity (Wildman–Crippen MR) is 82.7 cm³/mol. The van der Waals surface area contributed by atoms with Gasteiger partial charge < -0.3 is 10.1 Å². The molecule has 0 atom stereocenters. The van der Waals surface area contributed by atoms with Crippen LogP contribution in [0.15, 0.2) is 42.6 Å². The third-order valence-electron chi connectivity index (χ3n) is 3.07. The molecule has 3 rings (SSSR count). The van der Waals surface area contributed by atoms with Gasteiger partial charge in [-0.15, -0.1) is 0 Å². The summed E-state index contributed by atoms with van der Waals surface area (Å²) in [6.45, 7) is 0.536. The van der Waals surface area contributed by atoms with Crippen LogP contribution in [0.25, 0.3) is 10.9 Å². The molecule has 0 fully saturated rings. The Balaban J connectivity index is 1.92. The summed E-state index contributed by atoms with van der Waals surface area (Å²) in [5, 5.41) is 4.40. The topological polar surface area (TPSA) is 59.9 Å². The van der Waals surface area contributed by atoms with E-state index >= 15 is 0 Å². The molecule has 6 heteroatoms. The van der Waals surface area contributed by atoms with Crippen LogP contribution >= 0.6 is 11.6 Å². The van der Waals surface area contributed by atoms with Crippen LogP contribution in [0.3, 0.4) is 0 Å². The molecule has 106 valence electrons. The summed E-state index contributed by atoms with van der Waals surface area (Å²) in [5.74, 6) is 1.28. The molecule has 21 heavy (non-hydrogen) atoms. The van der Waals surface area contributed by atoms with Crippen LogP contribution in [-0.2, 0) is 6.54 Å². The van der Waals surface area contributed by atoms with E-state index in [1.807, 2.05) is 36.4 Å². The molecule has 0 aliphatic carbocycles. The largest absolute Gasteiger partial charge is 0.481 e. The van der Waals surface area contributed by atoms with Crippen molar-refractivity contribution in [1.82, 2.24) is 15.0 Å². The maximum absolute atomic E-state index is 5.96. The number of nitrogens with zero attached hydrogens (tertiary/aromatic N) is 3. The molecule has 0 radical (unpaired) electrons. The first-order valence-corrected chi connectivity index (χ1v) is 6.80. The Kier molecular flexibility index (Phi) is 3.83. The summed E-state index contributed by atoms with van der Waals surface area (Å²) >= 11 is 5.96. The number of aromatic nitrogens is 3. The van der Waals surface area contributed by atoms with Crippen LogP contribution in [0.2, 0.25) is 5.28 Å². The predicted octanol–water partition coefficient (Wildman–Crippen LogP) is 3.30. The van der Waals surface area contributed by atoms with Crippen LogP contribution in [0, 0.1) is 0 Å². The summed E-state index contributed by atoms with van der Waals surface area (Å²) in [4.78, 5) is 12.6. The molecule has 1 aromatic carbocycles.